The van der Waals surface area contributed by atoms with Crippen molar-refractivity contribution in [3.63, 3.8) is 0 Å². The molecule has 0 bridgehead atoms. The van der Waals surface area contributed by atoms with E-state index in [-0.39, 0.29) is 11.8 Å². The summed E-state index contributed by atoms with van der Waals surface area (Å²) in [6.07, 6.45) is 0.0853. The lowest BCUT2D eigenvalue weighted by molar-refractivity contribution is -0.384. The highest BCUT2D eigenvalue weighted by molar-refractivity contribution is 9.10. The van der Waals surface area contributed by atoms with Gasteiger partial charge in [0, 0.05) is 35.9 Å². The Labute approximate surface area is 102 Å². The van der Waals surface area contributed by atoms with E-state index in [1.807, 2.05) is 6.92 Å². The molecular formula is C10H13BrN2O3. The molecule has 5 nitrogen and oxygen atoms in total. The molecule has 0 saturated carbocycles. The van der Waals surface area contributed by atoms with Crippen LogP contribution in [0.1, 0.15) is 6.92 Å². The molecule has 0 heterocycles. The number of hydrogen-bond acceptors (Lipinski definition) is 4. The molecule has 0 aliphatic heterocycles. The van der Waals surface area contributed by atoms with Crippen LogP contribution in [0.2, 0.25) is 0 Å². The normalized spacial score (nSPS) is 12.2. The highest BCUT2D eigenvalue weighted by Gasteiger charge is 2.09. The van der Waals surface area contributed by atoms with Gasteiger partial charge in [0.25, 0.3) is 5.69 Å². The third-order valence-electron chi connectivity index (χ3n) is 2.15. The standard InChI is InChI=1S/C10H13BrN2O3/c1-7(16-2)6-12-10-4-3-8(13(14)15)5-9(10)11/h3-5,7,12H,6H2,1-2H3. The fourth-order valence-corrected chi connectivity index (χ4v) is 1.60. The molecule has 0 aromatic heterocycles. The van der Waals surface area contributed by atoms with Crippen LogP contribution >= 0.6 is 15.9 Å². The third-order valence-corrected chi connectivity index (χ3v) is 2.80. The molecule has 0 spiro atoms. The highest BCUT2D eigenvalue weighted by atomic mass is 79.9. The molecule has 6 heteroatoms. The summed E-state index contributed by atoms with van der Waals surface area (Å²) in [7, 11) is 1.64. The molecule has 1 aromatic carbocycles. The first-order valence-electron chi connectivity index (χ1n) is 4.75. The third kappa shape index (κ3) is 3.46. The Hall–Kier alpha value is -1.14. The maximum atomic E-state index is 10.5. The monoisotopic (exact) mass is 288 g/mol. The minimum absolute atomic E-state index is 0.0669. The number of hydrogen-bond donors (Lipinski definition) is 1. The Bertz CT molecular complexity index is 384. The van der Waals surface area contributed by atoms with Gasteiger partial charge in [-0.15, -0.1) is 0 Å². The predicted molar refractivity (Wildman–Crippen MR) is 65.8 cm³/mol. The van der Waals surface area contributed by atoms with Crippen molar-refractivity contribution in [1.29, 1.82) is 0 Å². The van der Waals surface area contributed by atoms with Crippen LogP contribution in [0.15, 0.2) is 22.7 Å². The van der Waals surface area contributed by atoms with E-state index in [9.17, 15) is 10.1 Å². The molecule has 1 rings (SSSR count). The zero-order valence-electron chi connectivity index (χ0n) is 9.07. The lowest BCUT2D eigenvalue weighted by Gasteiger charge is -2.12. The summed E-state index contributed by atoms with van der Waals surface area (Å²) >= 11 is 3.28. The van der Waals surface area contributed by atoms with Crippen LogP contribution in [0.25, 0.3) is 0 Å². The number of nitrogens with zero attached hydrogens (tertiary/aromatic N) is 1. The van der Waals surface area contributed by atoms with Gasteiger partial charge < -0.3 is 10.1 Å². The van der Waals surface area contributed by atoms with Crippen molar-refractivity contribution in [3.8, 4) is 0 Å². The largest absolute Gasteiger partial charge is 0.382 e. The number of benzene rings is 1. The topological polar surface area (TPSA) is 64.4 Å². The Morgan fingerprint density at radius 1 is 1.62 bits per heavy atom. The van der Waals surface area contributed by atoms with Crippen molar-refractivity contribution < 1.29 is 9.66 Å². The Kier molecular flexibility index (Phi) is 4.70. The number of non-ortho nitro benzene ring substituents is 1. The van der Waals surface area contributed by atoms with E-state index in [4.69, 9.17) is 4.74 Å². The summed E-state index contributed by atoms with van der Waals surface area (Å²) in [5.74, 6) is 0. The van der Waals surface area contributed by atoms with Crippen LogP contribution in [0.3, 0.4) is 0 Å². The molecule has 0 aliphatic carbocycles. The van der Waals surface area contributed by atoms with Crippen molar-refractivity contribution in [2.45, 2.75) is 13.0 Å². The van der Waals surface area contributed by atoms with Gasteiger partial charge in [-0.05, 0) is 28.9 Å². The molecule has 0 aliphatic rings. The number of nitro groups is 1. The van der Waals surface area contributed by atoms with Crippen LogP contribution in [-0.2, 0) is 4.74 Å². The van der Waals surface area contributed by atoms with Gasteiger partial charge in [0.05, 0.1) is 11.0 Å². The van der Waals surface area contributed by atoms with E-state index in [2.05, 4.69) is 21.2 Å². The lowest BCUT2D eigenvalue weighted by atomic mass is 10.2. The summed E-state index contributed by atoms with van der Waals surface area (Å²) in [5.41, 5.74) is 0.881. The second-order valence-corrected chi connectivity index (χ2v) is 4.20. The number of methoxy groups -OCH3 is 1. The van der Waals surface area contributed by atoms with Crippen LogP contribution in [0.4, 0.5) is 11.4 Å². The molecule has 1 N–H and O–H groups in total. The molecule has 16 heavy (non-hydrogen) atoms. The van der Waals surface area contributed by atoms with Gasteiger partial charge in [-0.2, -0.15) is 0 Å². The molecule has 88 valence electrons. The average molecular weight is 289 g/mol. The molecule has 1 aromatic rings. The molecular weight excluding hydrogens is 276 g/mol. The van der Waals surface area contributed by atoms with Gasteiger partial charge in [-0.1, -0.05) is 0 Å². The van der Waals surface area contributed by atoms with Gasteiger partial charge in [0.1, 0.15) is 0 Å². The smallest absolute Gasteiger partial charge is 0.270 e. The number of nitrogens with one attached hydrogen (secondary N) is 1. The first-order chi connectivity index (χ1) is 7.54. The molecule has 0 saturated heterocycles. The van der Waals surface area contributed by atoms with Crippen LogP contribution in [-0.4, -0.2) is 24.7 Å². The molecule has 0 amide bonds. The number of rotatable bonds is 5. The van der Waals surface area contributed by atoms with Gasteiger partial charge >= 0.3 is 0 Å². The van der Waals surface area contributed by atoms with Crippen LogP contribution < -0.4 is 5.32 Å². The fourth-order valence-electron chi connectivity index (χ4n) is 1.10. The summed E-state index contributed by atoms with van der Waals surface area (Å²) < 4.78 is 5.76. The number of nitro benzene ring substituents is 1. The Morgan fingerprint density at radius 2 is 2.31 bits per heavy atom. The van der Waals surface area contributed by atoms with E-state index >= 15 is 0 Å². The van der Waals surface area contributed by atoms with Crippen molar-refractivity contribution >= 4 is 27.3 Å². The zero-order valence-corrected chi connectivity index (χ0v) is 10.7. The summed E-state index contributed by atoms with van der Waals surface area (Å²) in [5, 5.41) is 13.7. The molecule has 1 atom stereocenters. The van der Waals surface area contributed by atoms with Crippen molar-refractivity contribution in [3.05, 3.63) is 32.8 Å². The quantitative estimate of drug-likeness (QED) is 0.668. The first-order valence-corrected chi connectivity index (χ1v) is 5.54. The second kappa shape index (κ2) is 5.81. The minimum atomic E-state index is -0.424. The lowest BCUT2D eigenvalue weighted by Crippen LogP contribution is -2.18. The maximum Gasteiger partial charge on any atom is 0.270 e. The Balaban J connectivity index is 2.72. The van der Waals surface area contributed by atoms with Crippen LogP contribution in [0, 0.1) is 10.1 Å². The summed E-state index contributed by atoms with van der Waals surface area (Å²) in [4.78, 5) is 10.1. The molecule has 0 fully saturated rings. The van der Waals surface area contributed by atoms with E-state index < -0.39 is 4.92 Å². The zero-order chi connectivity index (χ0) is 12.1. The minimum Gasteiger partial charge on any atom is -0.382 e. The Morgan fingerprint density at radius 3 is 2.81 bits per heavy atom. The van der Waals surface area contributed by atoms with Crippen LogP contribution in [0.5, 0.6) is 0 Å². The van der Waals surface area contributed by atoms with Gasteiger partial charge in [0.15, 0.2) is 0 Å². The van der Waals surface area contributed by atoms with E-state index in [0.29, 0.717) is 11.0 Å². The molecule has 1 unspecified atom stereocenters. The molecule has 0 radical (unpaired) electrons. The number of anilines is 1. The summed E-state index contributed by atoms with van der Waals surface area (Å²) in [6.45, 7) is 2.58. The first kappa shape index (κ1) is 12.9. The van der Waals surface area contributed by atoms with Gasteiger partial charge in [0.2, 0.25) is 0 Å². The second-order valence-electron chi connectivity index (χ2n) is 3.35. The predicted octanol–water partition coefficient (Wildman–Crippen LogP) is 2.80. The average Bonchev–Trinajstić information content (AvgIpc) is 2.26. The number of ether oxygens (including phenoxy) is 1. The van der Waals surface area contributed by atoms with E-state index in [1.165, 1.54) is 12.1 Å². The van der Waals surface area contributed by atoms with E-state index in [0.717, 1.165) is 5.69 Å². The van der Waals surface area contributed by atoms with Gasteiger partial charge in [-0.25, -0.2) is 0 Å². The fraction of sp³-hybridized carbons (Fsp3) is 0.400. The van der Waals surface area contributed by atoms with Crippen molar-refractivity contribution in [2.75, 3.05) is 19.0 Å². The van der Waals surface area contributed by atoms with Crippen molar-refractivity contribution in [1.82, 2.24) is 0 Å². The van der Waals surface area contributed by atoms with Gasteiger partial charge in [-0.3, -0.25) is 10.1 Å². The maximum absolute atomic E-state index is 10.5. The number of halogens is 1. The summed E-state index contributed by atoms with van der Waals surface area (Å²) in [6, 6.07) is 4.61. The highest BCUT2D eigenvalue weighted by Crippen LogP contribution is 2.26. The van der Waals surface area contributed by atoms with E-state index in [1.54, 1.807) is 13.2 Å². The van der Waals surface area contributed by atoms with Crippen molar-refractivity contribution in [2.24, 2.45) is 0 Å². The SMILES string of the molecule is COC(C)CNc1ccc([N+](=O)[O-])cc1Br.